The summed E-state index contributed by atoms with van der Waals surface area (Å²) in [4.78, 5) is 10.0. The molecule has 0 amide bonds. The summed E-state index contributed by atoms with van der Waals surface area (Å²) >= 11 is 0. The normalized spacial score (nSPS) is 11.7. The van der Waals surface area contributed by atoms with Crippen LogP contribution in [-0.4, -0.2) is 27.9 Å². The Morgan fingerprint density at radius 1 is 0.667 bits per heavy atom. The highest BCUT2D eigenvalue weighted by Crippen LogP contribution is 2.13. The monoisotopic (exact) mass is 364 g/mol. The minimum absolute atomic E-state index is 0.124. The van der Waals surface area contributed by atoms with Crippen LogP contribution in [0.5, 0.6) is 0 Å². The summed E-state index contributed by atoms with van der Waals surface area (Å²) in [7, 11) is -3.99. The van der Waals surface area contributed by atoms with Gasteiger partial charge in [-0.3, -0.25) is 0 Å². The molecule has 0 N–H and O–H groups in total. The summed E-state index contributed by atoms with van der Waals surface area (Å²) in [5.41, 5.74) is 0. The van der Waals surface area contributed by atoms with E-state index in [4.69, 9.17) is 0 Å². The van der Waals surface area contributed by atoms with Crippen LogP contribution < -0.4 is 0 Å². The Balaban J connectivity index is 3.19. The van der Waals surface area contributed by atoms with Crippen LogP contribution in [0.2, 0.25) is 0 Å². The van der Waals surface area contributed by atoms with Gasteiger partial charge in [-0.05, 0) is 6.42 Å². The molecule has 0 heterocycles. The van der Waals surface area contributed by atoms with Gasteiger partial charge in [0.1, 0.15) is 12.9 Å². The first-order chi connectivity index (χ1) is 11.6. The molecule has 0 bridgehead atoms. The van der Waals surface area contributed by atoms with Gasteiger partial charge in [-0.2, -0.15) is 8.42 Å². The molecule has 0 saturated heterocycles. The van der Waals surface area contributed by atoms with Gasteiger partial charge in [-0.1, -0.05) is 90.4 Å². The average Bonchev–Trinajstić information content (AvgIpc) is 2.56. The zero-order valence-electron chi connectivity index (χ0n) is 15.3. The predicted molar refractivity (Wildman–Crippen MR) is 97.2 cm³/mol. The number of aldehydes is 1. The minimum Gasteiger partial charge on any atom is -0.301 e. The maximum absolute atomic E-state index is 11.1. The number of rotatable bonds is 19. The highest BCUT2D eigenvalue weighted by Gasteiger charge is 2.10. The minimum atomic E-state index is -3.99. The lowest BCUT2D eigenvalue weighted by atomic mass is 10.0. The van der Waals surface area contributed by atoms with Gasteiger partial charge in [0.25, 0.3) is 0 Å². The highest BCUT2D eigenvalue weighted by molar-refractivity contribution is 7.81. The van der Waals surface area contributed by atoms with E-state index in [1.54, 1.807) is 0 Å². The average molecular weight is 365 g/mol. The quantitative estimate of drug-likeness (QED) is 0.240. The van der Waals surface area contributed by atoms with E-state index in [9.17, 15) is 13.2 Å². The van der Waals surface area contributed by atoms with Crippen LogP contribution in [0.3, 0.4) is 0 Å². The van der Waals surface area contributed by atoms with Crippen molar-refractivity contribution in [2.24, 2.45) is 0 Å². The van der Waals surface area contributed by atoms with Crippen molar-refractivity contribution in [3.8, 4) is 0 Å². The standard InChI is InChI=1S/C18H36O5S/c1-2-3-4-5-6-7-8-9-10-11-12-13-14-15-17-22-24(20,21)23-18-16-19/h16H,2-15,17-18H2,1H3. The Labute approximate surface area is 148 Å². The van der Waals surface area contributed by atoms with Gasteiger partial charge < -0.3 is 4.79 Å². The van der Waals surface area contributed by atoms with Crippen molar-refractivity contribution in [3.63, 3.8) is 0 Å². The number of unbranched alkanes of at least 4 members (excludes halogenated alkanes) is 13. The highest BCUT2D eigenvalue weighted by atomic mass is 32.3. The third-order valence-corrected chi connectivity index (χ3v) is 4.89. The fourth-order valence-electron chi connectivity index (χ4n) is 2.60. The van der Waals surface area contributed by atoms with Crippen molar-refractivity contribution >= 4 is 16.7 Å². The van der Waals surface area contributed by atoms with Crippen molar-refractivity contribution in [3.05, 3.63) is 0 Å². The number of hydrogen-bond donors (Lipinski definition) is 0. The Hall–Kier alpha value is -0.460. The van der Waals surface area contributed by atoms with Crippen LogP contribution in [0.4, 0.5) is 0 Å². The molecule has 0 radical (unpaired) electrons. The summed E-state index contributed by atoms with van der Waals surface area (Å²) in [6.07, 6.45) is 17.9. The summed E-state index contributed by atoms with van der Waals surface area (Å²) in [6, 6.07) is 0. The van der Waals surface area contributed by atoms with Gasteiger partial charge in [-0.15, -0.1) is 0 Å². The molecule has 144 valence electrons. The number of carbonyl (C=O) groups excluding carboxylic acids is 1. The molecule has 0 unspecified atom stereocenters. The van der Waals surface area contributed by atoms with Crippen molar-refractivity contribution in [2.45, 2.75) is 96.8 Å². The fourth-order valence-corrected chi connectivity index (χ4v) is 3.21. The SMILES string of the molecule is CCCCCCCCCCCCCCCCOS(=O)(=O)OCC=O. The second-order valence-electron chi connectivity index (χ2n) is 6.28. The van der Waals surface area contributed by atoms with Gasteiger partial charge in [0.15, 0.2) is 0 Å². The summed E-state index contributed by atoms with van der Waals surface area (Å²) < 4.78 is 31.1. The van der Waals surface area contributed by atoms with E-state index in [0.717, 1.165) is 12.8 Å². The van der Waals surface area contributed by atoms with Crippen LogP contribution >= 0.6 is 0 Å². The van der Waals surface area contributed by atoms with E-state index in [-0.39, 0.29) is 6.61 Å². The molecule has 0 spiro atoms. The van der Waals surface area contributed by atoms with E-state index >= 15 is 0 Å². The van der Waals surface area contributed by atoms with E-state index in [0.29, 0.717) is 12.7 Å². The predicted octanol–water partition coefficient (Wildman–Crippen LogP) is 4.94. The van der Waals surface area contributed by atoms with Crippen LogP contribution in [0.25, 0.3) is 0 Å². The van der Waals surface area contributed by atoms with Crippen molar-refractivity contribution < 1.29 is 21.6 Å². The molecular weight excluding hydrogens is 328 g/mol. The summed E-state index contributed by atoms with van der Waals surface area (Å²) in [5.74, 6) is 0. The van der Waals surface area contributed by atoms with E-state index < -0.39 is 17.0 Å². The van der Waals surface area contributed by atoms with E-state index in [1.165, 1.54) is 70.6 Å². The van der Waals surface area contributed by atoms with Crippen LogP contribution in [0.15, 0.2) is 0 Å². The number of carbonyl (C=O) groups is 1. The second-order valence-corrected chi connectivity index (χ2v) is 7.57. The lowest BCUT2D eigenvalue weighted by molar-refractivity contribution is -0.109. The molecule has 0 aliphatic heterocycles. The van der Waals surface area contributed by atoms with Gasteiger partial charge in [0.05, 0.1) is 6.61 Å². The molecule has 6 heteroatoms. The molecule has 0 aliphatic carbocycles. The molecule has 0 fully saturated rings. The van der Waals surface area contributed by atoms with Gasteiger partial charge in [0.2, 0.25) is 0 Å². The smallest absolute Gasteiger partial charge is 0.301 e. The first-order valence-electron chi connectivity index (χ1n) is 9.60. The molecule has 0 aliphatic rings. The van der Waals surface area contributed by atoms with Crippen molar-refractivity contribution in [2.75, 3.05) is 13.2 Å². The molecule has 0 rings (SSSR count). The van der Waals surface area contributed by atoms with Crippen LogP contribution in [0, 0.1) is 0 Å². The Bertz CT molecular complexity index is 368. The third kappa shape index (κ3) is 17.9. The molecular formula is C18H36O5S. The largest absolute Gasteiger partial charge is 0.400 e. The topological polar surface area (TPSA) is 69.7 Å². The van der Waals surface area contributed by atoms with Gasteiger partial charge in [0, 0.05) is 0 Å². The maximum Gasteiger partial charge on any atom is 0.400 e. The molecule has 0 saturated carbocycles. The second kappa shape index (κ2) is 17.4. The molecule has 0 aromatic rings. The molecule has 24 heavy (non-hydrogen) atoms. The Kier molecular flexibility index (Phi) is 17.0. The van der Waals surface area contributed by atoms with Crippen molar-refractivity contribution in [1.29, 1.82) is 0 Å². The Morgan fingerprint density at radius 2 is 1.08 bits per heavy atom. The maximum atomic E-state index is 11.1. The summed E-state index contributed by atoms with van der Waals surface area (Å²) in [5, 5.41) is 0. The lowest BCUT2D eigenvalue weighted by Gasteiger charge is -2.04. The molecule has 0 aromatic heterocycles. The first kappa shape index (κ1) is 23.5. The van der Waals surface area contributed by atoms with Crippen molar-refractivity contribution in [1.82, 2.24) is 0 Å². The van der Waals surface area contributed by atoms with Crippen LogP contribution in [-0.2, 0) is 23.6 Å². The molecule has 0 atom stereocenters. The van der Waals surface area contributed by atoms with Gasteiger partial charge >= 0.3 is 10.4 Å². The molecule has 0 aromatic carbocycles. The first-order valence-corrected chi connectivity index (χ1v) is 10.9. The number of hydrogen-bond acceptors (Lipinski definition) is 5. The van der Waals surface area contributed by atoms with E-state index in [1.807, 2.05) is 0 Å². The molecule has 5 nitrogen and oxygen atoms in total. The zero-order chi connectivity index (χ0) is 17.9. The van der Waals surface area contributed by atoms with Gasteiger partial charge in [-0.25, -0.2) is 8.37 Å². The summed E-state index contributed by atoms with van der Waals surface area (Å²) in [6.45, 7) is 1.89. The third-order valence-electron chi connectivity index (χ3n) is 4.01. The fraction of sp³-hybridized carbons (Fsp3) is 0.944. The Morgan fingerprint density at radius 3 is 1.50 bits per heavy atom. The van der Waals surface area contributed by atoms with Crippen LogP contribution in [0.1, 0.15) is 96.8 Å². The van der Waals surface area contributed by atoms with E-state index in [2.05, 4.69) is 15.3 Å². The lowest BCUT2D eigenvalue weighted by Crippen LogP contribution is -2.12. The zero-order valence-corrected chi connectivity index (χ0v) is 16.2.